The Bertz CT molecular complexity index is 470. The molecule has 0 aliphatic heterocycles. The molecule has 0 aromatic heterocycles. The number of phenols is 1. The lowest BCUT2D eigenvalue weighted by atomic mass is 10.1. The van der Waals surface area contributed by atoms with Crippen molar-refractivity contribution in [1.29, 1.82) is 0 Å². The molecule has 2 N–H and O–H groups in total. The molecule has 0 fully saturated rings. The number of hydrogen-bond donors (Lipinski definition) is 2. The summed E-state index contributed by atoms with van der Waals surface area (Å²) in [4.78, 5) is 19.3. The second kappa shape index (κ2) is 4.11. The van der Waals surface area contributed by atoms with E-state index in [0.29, 0.717) is 0 Å². The van der Waals surface area contributed by atoms with Gasteiger partial charge in [-0.1, -0.05) is 0 Å². The molecule has 0 amide bonds. The Labute approximate surface area is 89.1 Å². The van der Waals surface area contributed by atoms with Crippen molar-refractivity contribution in [3.63, 3.8) is 0 Å². The van der Waals surface area contributed by atoms with E-state index in [9.17, 15) is 25.3 Å². The number of phenolic OH excluding ortho intramolecular Hbond substituents is 1. The molecule has 8 heteroatoms. The van der Waals surface area contributed by atoms with Gasteiger partial charge in [0.15, 0.2) is 0 Å². The summed E-state index contributed by atoms with van der Waals surface area (Å²) in [5, 5.41) is 39.4. The van der Waals surface area contributed by atoms with E-state index in [1.807, 2.05) is 0 Å². The van der Waals surface area contributed by atoms with Gasteiger partial charge in [0, 0.05) is 6.07 Å². The Morgan fingerprint density at radius 2 is 1.88 bits per heavy atom. The van der Waals surface area contributed by atoms with Crippen LogP contribution in [-0.4, -0.2) is 20.1 Å². The normalized spacial score (nSPS) is 10.1. The van der Waals surface area contributed by atoms with Gasteiger partial charge in [0.25, 0.3) is 5.75 Å². The molecule has 86 valence electrons. The predicted molar refractivity (Wildman–Crippen MR) is 52.1 cm³/mol. The zero-order chi connectivity index (χ0) is 12.5. The molecule has 0 saturated heterocycles. The fourth-order valence-corrected chi connectivity index (χ4v) is 1.35. The van der Waals surface area contributed by atoms with Crippen LogP contribution in [-0.2, 0) is 6.61 Å². The lowest BCUT2D eigenvalue weighted by Gasteiger charge is -2.05. The summed E-state index contributed by atoms with van der Waals surface area (Å²) >= 11 is 0. The number of hydrogen-bond acceptors (Lipinski definition) is 6. The average molecular weight is 228 g/mol. The summed E-state index contributed by atoms with van der Waals surface area (Å²) in [6.07, 6.45) is 0. The van der Waals surface area contributed by atoms with Crippen LogP contribution in [0.3, 0.4) is 0 Å². The largest absolute Gasteiger partial charge is 0.497 e. The van der Waals surface area contributed by atoms with Gasteiger partial charge in [-0.25, -0.2) is 0 Å². The van der Waals surface area contributed by atoms with Crippen LogP contribution in [0.2, 0.25) is 0 Å². The van der Waals surface area contributed by atoms with Gasteiger partial charge in [-0.2, -0.15) is 0 Å². The van der Waals surface area contributed by atoms with Crippen molar-refractivity contribution in [2.45, 2.75) is 13.5 Å². The number of aromatic hydroxyl groups is 1. The summed E-state index contributed by atoms with van der Waals surface area (Å²) in [5.74, 6) is -1.04. The highest BCUT2D eigenvalue weighted by Crippen LogP contribution is 2.40. The number of nitro benzene ring substituents is 2. The smallest absolute Gasteiger partial charge is 0.323 e. The molecular formula is C8H8N2O6. The molecule has 0 heterocycles. The predicted octanol–water partition coefficient (Wildman–Crippen LogP) is 1.01. The minimum Gasteiger partial charge on any atom is -0.497 e. The van der Waals surface area contributed by atoms with E-state index in [2.05, 4.69) is 0 Å². The van der Waals surface area contributed by atoms with Crippen LogP contribution in [0.15, 0.2) is 6.07 Å². The molecule has 0 saturated carbocycles. The molecule has 8 nitrogen and oxygen atoms in total. The number of nitrogens with zero attached hydrogens (tertiary/aromatic N) is 2. The van der Waals surface area contributed by atoms with Crippen molar-refractivity contribution in [1.82, 2.24) is 0 Å². The third-order valence-corrected chi connectivity index (χ3v) is 2.12. The fraction of sp³-hybridized carbons (Fsp3) is 0.250. The molecule has 0 atom stereocenters. The standard InChI is InChI=1S/C8H8N2O6/c1-4-2-6(9(13)14)8(12)7(10(15)16)5(4)3-11/h2,11-12H,3H2,1H3. The Morgan fingerprint density at radius 3 is 2.25 bits per heavy atom. The van der Waals surface area contributed by atoms with E-state index in [0.717, 1.165) is 6.07 Å². The van der Waals surface area contributed by atoms with Crippen LogP contribution >= 0.6 is 0 Å². The third kappa shape index (κ3) is 1.77. The van der Waals surface area contributed by atoms with Gasteiger partial charge in [-0.15, -0.1) is 0 Å². The molecule has 1 aromatic carbocycles. The summed E-state index contributed by atoms with van der Waals surface area (Å²) < 4.78 is 0. The first-order valence-electron chi connectivity index (χ1n) is 4.15. The third-order valence-electron chi connectivity index (χ3n) is 2.12. The van der Waals surface area contributed by atoms with Gasteiger partial charge in [-0.3, -0.25) is 20.2 Å². The Kier molecular flexibility index (Phi) is 3.04. The van der Waals surface area contributed by atoms with E-state index in [1.54, 1.807) is 0 Å². The summed E-state index contributed by atoms with van der Waals surface area (Å²) in [5.41, 5.74) is -1.53. The summed E-state index contributed by atoms with van der Waals surface area (Å²) in [6.45, 7) is 0.707. The lowest BCUT2D eigenvalue weighted by Crippen LogP contribution is -2.01. The number of aliphatic hydroxyl groups excluding tert-OH is 1. The highest BCUT2D eigenvalue weighted by Gasteiger charge is 2.30. The molecule has 0 aliphatic rings. The molecule has 0 aliphatic carbocycles. The maximum absolute atomic E-state index is 10.6. The monoisotopic (exact) mass is 228 g/mol. The highest BCUT2D eigenvalue weighted by molar-refractivity contribution is 5.65. The quantitative estimate of drug-likeness (QED) is 0.587. The van der Waals surface area contributed by atoms with Crippen molar-refractivity contribution in [2.24, 2.45) is 0 Å². The van der Waals surface area contributed by atoms with Crippen LogP contribution in [0.25, 0.3) is 0 Å². The average Bonchev–Trinajstić information content (AvgIpc) is 2.19. The molecule has 0 bridgehead atoms. The number of aliphatic hydroxyl groups is 1. The summed E-state index contributed by atoms with van der Waals surface area (Å²) in [6, 6.07) is 0.980. The first-order valence-corrected chi connectivity index (χ1v) is 4.15. The Hall–Kier alpha value is -2.22. The van der Waals surface area contributed by atoms with Crippen molar-refractivity contribution >= 4 is 11.4 Å². The number of aryl methyl sites for hydroxylation is 1. The molecule has 0 unspecified atom stereocenters. The van der Waals surface area contributed by atoms with E-state index in [-0.39, 0.29) is 11.1 Å². The summed E-state index contributed by atoms with van der Waals surface area (Å²) in [7, 11) is 0. The first kappa shape index (κ1) is 11.9. The number of rotatable bonds is 3. The van der Waals surface area contributed by atoms with Gasteiger partial charge >= 0.3 is 11.4 Å². The molecule has 0 radical (unpaired) electrons. The van der Waals surface area contributed by atoms with E-state index in [1.165, 1.54) is 6.92 Å². The Morgan fingerprint density at radius 1 is 1.31 bits per heavy atom. The Balaban J connectivity index is 3.65. The second-order valence-corrected chi connectivity index (χ2v) is 3.06. The first-order chi connectivity index (χ1) is 7.40. The van der Waals surface area contributed by atoms with E-state index in [4.69, 9.17) is 5.11 Å². The minimum atomic E-state index is -1.04. The zero-order valence-electron chi connectivity index (χ0n) is 8.21. The van der Waals surface area contributed by atoms with E-state index < -0.39 is 33.6 Å². The van der Waals surface area contributed by atoms with Crippen LogP contribution in [0, 0.1) is 27.2 Å². The van der Waals surface area contributed by atoms with Gasteiger partial charge in [0.1, 0.15) is 0 Å². The molecule has 1 aromatic rings. The maximum atomic E-state index is 10.6. The van der Waals surface area contributed by atoms with Gasteiger partial charge in [0.05, 0.1) is 22.0 Å². The van der Waals surface area contributed by atoms with Crippen LogP contribution in [0.5, 0.6) is 5.75 Å². The zero-order valence-corrected chi connectivity index (χ0v) is 8.21. The van der Waals surface area contributed by atoms with Crippen LogP contribution in [0.1, 0.15) is 11.1 Å². The second-order valence-electron chi connectivity index (χ2n) is 3.06. The SMILES string of the molecule is Cc1cc([N+](=O)[O-])c(O)c([N+](=O)[O-])c1CO. The molecule has 0 spiro atoms. The highest BCUT2D eigenvalue weighted by atomic mass is 16.6. The molecular weight excluding hydrogens is 220 g/mol. The molecule has 1 rings (SSSR count). The number of nitro groups is 2. The van der Waals surface area contributed by atoms with Gasteiger partial charge in [-0.05, 0) is 12.5 Å². The van der Waals surface area contributed by atoms with E-state index >= 15 is 0 Å². The van der Waals surface area contributed by atoms with Gasteiger partial charge < -0.3 is 10.2 Å². The number of benzene rings is 1. The lowest BCUT2D eigenvalue weighted by molar-refractivity contribution is -0.396. The maximum Gasteiger partial charge on any atom is 0.323 e. The molecule has 16 heavy (non-hydrogen) atoms. The van der Waals surface area contributed by atoms with Crippen molar-refractivity contribution in [3.8, 4) is 5.75 Å². The van der Waals surface area contributed by atoms with Crippen molar-refractivity contribution in [3.05, 3.63) is 37.4 Å². The fourth-order valence-electron chi connectivity index (χ4n) is 1.35. The minimum absolute atomic E-state index is 0.131. The topological polar surface area (TPSA) is 127 Å². The van der Waals surface area contributed by atoms with Crippen molar-refractivity contribution < 1.29 is 20.1 Å². The van der Waals surface area contributed by atoms with Crippen molar-refractivity contribution in [2.75, 3.05) is 0 Å². The van der Waals surface area contributed by atoms with Crippen LogP contribution in [0.4, 0.5) is 11.4 Å². The van der Waals surface area contributed by atoms with Crippen LogP contribution < -0.4 is 0 Å². The van der Waals surface area contributed by atoms with Gasteiger partial charge in [0.2, 0.25) is 0 Å².